The fraction of sp³-hybridized carbons (Fsp3) is 0.120. The van der Waals surface area contributed by atoms with E-state index >= 15 is 0 Å². The maximum Gasteiger partial charge on any atom is 0.293 e. The van der Waals surface area contributed by atoms with Gasteiger partial charge in [-0.25, -0.2) is 0 Å². The van der Waals surface area contributed by atoms with E-state index in [0.717, 1.165) is 28.5 Å². The molecule has 0 radical (unpaired) electrons. The van der Waals surface area contributed by atoms with E-state index in [4.69, 9.17) is 16.3 Å². The molecule has 0 aromatic heterocycles. The second-order valence-electron chi connectivity index (χ2n) is 7.21. The minimum Gasteiger partial charge on any atom is -0.488 e. The topological polar surface area (TPSA) is 46.6 Å². The molecule has 156 valence electrons. The van der Waals surface area contributed by atoms with Crippen LogP contribution in [0.3, 0.4) is 0 Å². The van der Waals surface area contributed by atoms with Crippen molar-refractivity contribution < 1.29 is 14.3 Å². The first-order chi connectivity index (χ1) is 15.0. The molecule has 1 heterocycles. The van der Waals surface area contributed by atoms with Gasteiger partial charge >= 0.3 is 0 Å². The van der Waals surface area contributed by atoms with Crippen LogP contribution in [0.1, 0.15) is 22.3 Å². The van der Waals surface area contributed by atoms with Crippen molar-refractivity contribution in [1.29, 1.82) is 0 Å². The smallest absolute Gasteiger partial charge is 0.293 e. The van der Waals surface area contributed by atoms with Crippen LogP contribution in [0.2, 0.25) is 5.02 Å². The van der Waals surface area contributed by atoms with Crippen LogP contribution in [0, 0.1) is 6.92 Å². The average Bonchev–Trinajstić information content (AvgIpc) is 3.03. The summed E-state index contributed by atoms with van der Waals surface area (Å²) in [5.74, 6) is 0.353. The molecule has 3 aromatic rings. The molecule has 0 aliphatic carbocycles. The third kappa shape index (κ3) is 5.19. The van der Waals surface area contributed by atoms with Gasteiger partial charge in [0.2, 0.25) is 0 Å². The molecule has 3 aromatic carbocycles. The lowest BCUT2D eigenvalue weighted by Crippen LogP contribution is -2.27. The fourth-order valence-electron chi connectivity index (χ4n) is 3.13. The second-order valence-corrected chi connectivity index (χ2v) is 8.64. The van der Waals surface area contributed by atoms with Crippen molar-refractivity contribution in [1.82, 2.24) is 4.90 Å². The van der Waals surface area contributed by atoms with Crippen molar-refractivity contribution in [2.75, 3.05) is 0 Å². The lowest BCUT2D eigenvalue weighted by Gasteiger charge is -2.12. The normalized spacial score (nSPS) is 15.0. The summed E-state index contributed by atoms with van der Waals surface area (Å²) in [6, 6.07) is 22.7. The second kappa shape index (κ2) is 9.41. The van der Waals surface area contributed by atoms with E-state index < -0.39 is 0 Å². The Morgan fingerprint density at radius 2 is 1.61 bits per heavy atom. The molecule has 4 rings (SSSR count). The number of nitrogens with zero attached hydrogens (tertiary/aromatic N) is 1. The van der Waals surface area contributed by atoms with Crippen molar-refractivity contribution in [3.63, 3.8) is 0 Å². The summed E-state index contributed by atoms with van der Waals surface area (Å²) in [5.41, 5.74) is 3.85. The van der Waals surface area contributed by atoms with E-state index in [0.29, 0.717) is 22.3 Å². The van der Waals surface area contributed by atoms with Crippen molar-refractivity contribution >= 4 is 40.6 Å². The number of carbonyl (C=O) groups excluding carboxylic acids is 2. The summed E-state index contributed by atoms with van der Waals surface area (Å²) in [7, 11) is 0. The van der Waals surface area contributed by atoms with Crippen molar-refractivity contribution in [3.8, 4) is 5.75 Å². The number of hydrogen-bond donors (Lipinski definition) is 0. The maximum absolute atomic E-state index is 12.9. The summed E-state index contributed by atoms with van der Waals surface area (Å²) >= 11 is 6.85. The summed E-state index contributed by atoms with van der Waals surface area (Å²) in [6.07, 6.45) is 1.72. The van der Waals surface area contributed by atoms with Crippen LogP contribution in [0.25, 0.3) is 6.08 Å². The molecular formula is C25H20ClNO3S. The molecule has 31 heavy (non-hydrogen) atoms. The maximum atomic E-state index is 12.9. The monoisotopic (exact) mass is 449 g/mol. The van der Waals surface area contributed by atoms with Crippen LogP contribution in [-0.4, -0.2) is 16.0 Å². The van der Waals surface area contributed by atoms with E-state index in [-0.39, 0.29) is 17.7 Å². The van der Waals surface area contributed by atoms with E-state index in [2.05, 4.69) is 0 Å². The highest BCUT2D eigenvalue weighted by atomic mass is 35.5. The van der Waals surface area contributed by atoms with Gasteiger partial charge in [-0.15, -0.1) is 0 Å². The summed E-state index contributed by atoms with van der Waals surface area (Å²) in [5, 5.41) is 0.323. The van der Waals surface area contributed by atoms with Gasteiger partial charge in [-0.1, -0.05) is 71.8 Å². The molecule has 4 nitrogen and oxygen atoms in total. The molecule has 1 fully saturated rings. The predicted molar refractivity (Wildman–Crippen MR) is 125 cm³/mol. The van der Waals surface area contributed by atoms with E-state index in [1.54, 1.807) is 18.2 Å². The van der Waals surface area contributed by atoms with Crippen LogP contribution in [0.4, 0.5) is 4.79 Å². The standard InChI is InChI=1S/C25H20ClNO3S/c1-17-6-8-19(9-7-17)16-30-22-5-3-2-4-20(22)14-23-24(28)27(25(29)31-23)15-18-10-12-21(26)13-11-18/h2-14H,15-16H2,1H3/b23-14-. The van der Waals surface area contributed by atoms with E-state index in [1.807, 2.05) is 67.6 Å². The Labute approximate surface area is 190 Å². The zero-order valence-corrected chi connectivity index (χ0v) is 18.5. The van der Waals surface area contributed by atoms with Gasteiger partial charge < -0.3 is 4.74 Å². The number of halogens is 1. The highest BCUT2D eigenvalue weighted by Gasteiger charge is 2.35. The van der Waals surface area contributed by atoms with Crippen LogP contribution in [0.5, 0.6) is 5.75 Å². The van der Waals surface area contributed by atoms with Crippen molar-refractivity contribution in [2.24, 2.45) is 0 Å². The van der Waals surface area contributed by atoms with Crippen LogP contribution in [0.15, 0.2) is 77.7 Å². The van der Waals surface area contributed by atoms with Gasteiger partial charge in [0.1, 0.15) is 12.4 Å². The summed E-state index contributed by atoms with van der Waals surface area (Å²) in [4.78, 5) is 26.9. The largest absolute Gasteiger partial charge is 0.488 e. The lowest BCUT2D eigenvalue weighted by molar-refractivity contribution is -0.123. The zero-order chi connectivity index (χ0) is 21.8. The van der Waals surface area contributed by atoms with Gasteiger partial charge in [-0.05, 0) is 54.1 Å². The Hall–Kier alpha value is -3.02. The first-order valence-corrected chi connectivity index (χ1v) is 11.0. The Morgan fingerprint density at radius 1 is 0.935 bits per heavy atom. The number of benzene rings is 3. The van der Waals surface area contributed by atoms with Crippen molar-refractivity contribution in [3.05, 3.63) is 105 Å². The quantitative estimate of drug-likeness (QED) is 0.405. The molecule has 1 aliphatic heterocycles. The van der Waals surface area contributed by atoms with Crippen LogP contribution >= 0.6 is 23.4 Å². The van der Waals surface area contributed by atoms with E-state index in [9.17, 15) is 9.59 Å². The van der Waals surface area contributed by atoms with Gasteiger partial charge in [0.05, 0.1) is 11.4 Å². The molecule has 0 atom stereocenters. The van der Waals surface area contributed by atoms with Gasteiger partial charge in [0.25, 0.3) is 11.1 Å². The first kappa shape index (κ1) is 21.2. The van der Waals surface area contributed by atoms with Gasteiger partial charge in [0.15, 0.2) is 0 Å². The number of hydrogen-bond acceptors (Lipinski definition) is 4. The number of ether oxygens (including phenoxy) is 1. The number of para-hydroxylation sites is 1. The molecule has 6 heteroatoms. The van der Waals surface area contributed by atoms with Gasteiger partial charge in [0, 0.05) is 10.6 Å². The third-order valence-electron chi connectivity index (χ3n) is 4.85. The number of thioether (sulfide) groups is 1. The Kier molecular flexibility index (Phi) is 6.44. The molecule has 0 bridgehead atoms. The fourth-order valence-corrected chi connectivity index (χ4v) is 4.08. The zero-order valence-electron chi connectivity index (χ0n) is 16.9. The summed E-state index contributed by atoms with van der Waals surface area (Å²) < 4.78 is 5.99. The Balaban J connectivity index is 1.50. The van der Waals surface area contributed by atoms with E-state index in [1.165, 1.54) is 10.5 Å². The van der Waals surface area contributed by atoms with Gasteiger partial charge in [-0.2, -0.15) is 0 Å². The van der Waals surface area contributed by atoms with Crippen LogP contribution in [-0.2, 0) is 17.9 Å². The number of amides is 2. The molecule has 0 spiro atoms. The van der Waals surface area contributed by atoms with Gasteiger partial charge in [-0.3, -0.25) is 14.5 Å². The van der Waals surface area contributed by atoms with Crippen LogP contribution < -0.4 is 4.74 Å². The number of carbonyl (C=O) groups is 2. The molecule has 1 saturated heterocycles. The minimum atomic E-state index is -0.307. The highest BCUT2D eigenvalue weighted by Crippen LogP contribution is 2.35. The number of imide groups is 1. The average molecular weight is 450 g/mol. The Bertz CT molecular complexity index is 1140. The number of aryl methyl sites for hydroxylation is 1. The molecule has 0 saturated carbocycles. The summed E-state index contributed by atoms with van der Waals surface area (Å²) in [6.45, 7) is 2.67. The minimum absolute atomic E-state index is 0.213. The molecule has 0 N–H and O–H groups in total. The lowest BCUT2D eigenvalue weighted by atomic mass is 10.1. The molecule has 2 amide bonds. The number of rotatable bonds is 6. The molecule has 1 aliphatic rings. The SMILES string of the molecule is Cc1ccc(COc2ccccc2/C=C2\SC(=O)N(Cc3ccc(Cl)cc3)C2=O)cc1. The van der Waals surface area contributed by atoms with Crippen molar-refractivity contribution in [2.45, 2.75) is 20.1 Å². The third-order valence-corrected chi connectivity index (χ3v) is 6.01. The highest BCUT2D eigenvalue weighted by molar-refractivity contribution is 8.18. The molecule has 0 unspecified atom stereocenters. The Morgan fingerprint density at radius 3 is 2.35 bits per heavy atom. The molecular weight excluding hydrogens is 430 g/mol. The predicted octanol–water partition coefficient (Wildman–Crippen LogP) is 6.46. The first-order valence-electron chi connectivity index (χ1n) is 9.77.